The molecule has 0 radical (unpaired) electrons. The van der Waals surface area contributed by atoms with Crippen LogP contribution in [0.3, 0.4) is 0 Å². The number of aromatic nitrogens is 2. The van der Waals surface area contributed by atoms with E-state index in [9.17, 15) is 9.59 Å². The summed E-state index contributed by atoms with van der Waals surface area (Å²) in [7, 11) is 1.70. The lowest BCUT2D eigenvalue weighted by molar-refractivity contribution is 0.101. The molecule has 0 saturated heterocycles. The van der Waals surface area contributed by atoms with Crippen molar-refractivity contribution in [2.45, 2.75) is 6.92 Å². The molecule has 122 valence electrons. The van der Waals surface area contributed by atoms with Crippen LogP contribution in [-0.4, -0.2) is 22.3 Å². The largest absolute Gasteiger partial charge is 0.492 e. The standard InChI is InChI=1S/C18H17N3O3/c1-3-24-15-11-7-5-9-13(15)19-18(23)16-17(22)12-8-4-6-10-14(12)21(2)20-16/h4-11H,3H2,1-2H3,(H,19,23). The molecule has 0 aliphatic heterocycles. The van der Waals surface area contributed by atoms with Crippen molar-refractivity contribution in [1.29, 1.82) is 0 Å². The number of anilines is 1. The van der Waals surface area contributed by atoms with Gasteiger partial charge < -0.3 is 10.1 Å². The second-order valence-corrected chi connectivity index (χ2v) is 5.20. The molecule has 6 heteroatoms. The molecule has 0 saturated carbocycles. The summed E-state index contributed by atoms with van der Waals surface area (Å²) >= 11 is 0. The Morgan fingerprint density at radius 3 is 2.67 bits per heavy atom. The van der Waals surface area contributed by atoms with Gasteiger partial charge in [-0.25, -0.2) is 0 Å². The molecule has 1 aromatic heterocycles. The van der Waals surface area contributed by atoms with Gasteiger partial charge in [-0.3, -0.25) is 14.3 Å². The molecule has 0 aliphatic rings. The smallest absolute Gasteiger partial charge is 0.280 e. The highest BCUT2D eigenvalue weighted by Gasteiger charge is 2.17. The van der Waals surface area contributed by atoms with Gasteiger partial charge in [0.1, 0.15) is 5.75 Å². The number of carbonyl (C=O) groups is 1. The first kappa shape index (κ1) is 15.7. The minimum Gasteiger partial charge on any atom is -0.492 e. The lowest BCUT2D eigenvalue weighted by Crippen LogP contribution is -2.26. The molecule has 6 nitrogen and oxygen atoms in total. The zero-order chi connectivity index (χ0) is 17.1. The Morgan fingerprint density at radius 1 is 1.17 bits per heavy atom. The van der Waals surface area contributed by atoms with E-state index in [-0.39, 0.29) is 5.69 Å². The Kier molecular flexibility index (Phi) is 4.29. The highest BCUT2D eigenvalue weighted by Crippen LogP contribution is 2.24. The lowest BCUT2D eigenvalue weighted by atomic mass is 10.2. The van der Waals surface area contributed by atoms with Gasteiger partial charge in [0.2, 0.25) is 5.43 Å². The Bertz CT molecular complexity index is 963. The van der Waals surface area contributed by atoms with Gasteiger partial charge in [0.25, 0.3) is 5.91 Å². The highest BCUT2D eigenvalue weighted by atomic mass is 16.5. The molecular weight excluding hydrogens is 306 g/mol. The normalized spacial score (nSPS) is 10.6. The number of nitrogens with one attached hydrogen (secondary N) is 1. The van der Waals surface area contributed by atoms with Crippen LogP contribution in [0.4, 0.5) is 5.69 Å². The maximum atomic E-state index is 12.6. The molecule has 1 N–H and O–H groups in total. The maximum Gasteiger partial charge on any atom is 0.280 e. The third-order valence-electron chi connectivity index (χ3n) is 3.61. The molecule has 1 amide bonds. The SMILES string of the molecule is CCOc1ccccc1NC(=O)c1nn(C)c2ccccc2c1=O. The molecule has 0 atom stereocenters. The molecule has 3 rings (SSSR count). The molecule has 0 fully saturated rings. The molecular formula is C18H17N3O3. The van der Waals surface area contributed by atoms with Crippen LogP contribution in [0, 0.1) is 0 Å². The van der Waals surface area contributed by atoms with Gasteiger partial charge in [-0.15, -0.1) is 0 Å². The van der Waals surface area contributed by atoms with E-state index in [4.69, 9.17) is 4.74 Å². The van der Waals surface area contributed by atoms with Gasteiger partial charge in [-0.2, -0.15) is 5.10 Å². The quantitative estimate of drug-likeness (QED) is 0.801. The summed E-state index contributed by atoms with van der Waals surface area (Å²) in [5, 5.41) is 7.29. The first-order chi connectivity index (χ1) is 11.6. The Labute approximate surface area is 138 Å². The molecule has 3 aromatic rings. The maximum absolute atomic E-state index is 12.6. The number of nitrogens with zero attached hydrogens (tertiary/aromatic N) is 2. The van der Waals surface area contributed by atoms with Crippen molar-refractivity contribution in [2.24, 2.45) is 7.05 Å². The van der Waals surface area contributed by atoms with Gasteiger partial charge in [-0.05, 0) is 31.2 Å². The molecule has 1 heterocycles. The lowest BCUT2D eigenvalue weighted by Gasteiger charge is -2.11. The van der Waals surface area contributed by atoms with E-state index in [1.165, 1.54) is 4.68 Å². The summed E-state index contributed by atoms with van der Waals surface area (Å²) in [6, 6.07) is 14.1. The van der Waals surface area contributed by atoms with Crippen molar-refractivity contribution in [3.05, 3.63) is 64.4 Å². The van der Waals surface area contributed by atoms with Crippen LogP contribution in [0.5, 0.6) is 5.75 Å². The summed E-state index contributed by atoms with van der Waals surface area (Å²) in [6.07, 6.45) is 0. The molecule has 24 heavy (non-hydrogen) atoms. The first-order valence-corrected chi connectivity index (χ1v) is 7.61. The third-order valence-corrected chi connectivity index (χ3v) is 3.61. The number of amides is 1. The van der Waals surface area contributed by atoms with E-state index in [1.54, 1.807) is 43.4 Å². The minimum atomic E-state index is -0.562. The molecule has 2 aromatic carbocycles. The number of hydrogen-bond donors (Lipinski definition) is 1. The van der Waals surface area contributed by atoms with Gasteiger partial charge in [-0.1, -0.05) is 24.3 Å². The van der Waals surface area contributed by atoms with Crippen molar-refractivity contribution < 1.29 is 9.53 Å². The number of hydrogen-bond acceptors (Lipinski definition) is 4. The summed E-state index contributed by atoms with van der Waals surface area (Å²) in [5.74, 6) is -0.0144. The zero-order valence-corrected chi connectivity index (χ0v) is 13.4. The van der Waals surface area contributed by atoms with Gasteiger partial charge in [0.15, 0.2) is 5.69 Å². The number of aryl methyl sites for hydroxylation is 1. The Hall–Kier alpha value is -3.15. The van der Waals surface area contributed by atoms with Crippen LogP contribution >= 0.6 is 0 Å². The van der Waals surface area contributed by atoms with Crippen molar-refractivity contribution in [2.75, 3.05) is 11.9 Å². The Balaban J connectivity index is 2.01. The van der Waals surface area contributed by atoms with E-state index >= 15 is 0 Å². The van der Waals surface area contributed by atoms with Crippen LogP contribution in [0.15, 0.2) is 53.3 Å². The highest BCUT2D eigenvalue weighted by molar-refractivity contribution is 6.05. The van der Waals surface area contributed by atoms with Crippen molar-refractivity contribution in [3.8, 4) is 5.75 Å². The van der Waals surface area contributed by atoms with E-state index in [0.29, 0.717) is 28.9 Å². The number of carbonyl (C=O) groups excluding carboxylic acids is 1. The fraction of sp³-hybridized carbons (Fsp3) is 0.167. The van der Waals surface area contributed by atoms with Crippen molar-refractivity contribution >= 4 is 22.5 Å². The predicted molar refractivity (Wildman–Crippen MR) is 92.5 cm³/mol. The second kappa shape index (κ2) is 6.54. The number of fused-ring (bicyclic) bond motifs is 1. The van der Waals surface area contributed by atoms with E-state index in [2.05, 4.69) is 10.4 Å². The zero-order valence-electron chi connectivity index (χ0n) is 13.4. The summed E-state index contributed by atoms with van der Waals surface area (Å²) < 4.78 is 7.01. The summed E-state index contributed by atoms with van der Waals surface area (Å²) in [6.45, 7) is 2.34. The second-order valence-electron chi connectivity index (χ2n) is 5.20. The minimum absolute atomic E-state index is 0.150. The summed E-state index contributed by atoms with van der Waals surface area (Å²) in [5.41, 5.74) is 0.632. The van der Waals surface area contributed by atoms with Crippen LogP contribution in [0.1, 0.15) is 17.4 Å². The average molecular weight is 323 g/mol. The van der Waals surface area contributed by atoms with Crippen LogP contribution in [0.25, 0.3) is 10.9 Å². The number of para-hydroxylation sites is 3. The fourth-order valence-electron chi connectivity index (χ4n) is 2.51. The summed E-state index contributed by atoms with van der Waals surface area (Å²) in [4.78, 5) is 25.1. The molecule has 0 spiro atoms. The first-order valence-electron chi connectivity index (χ1n) is 7.61. The average Bonchev–Trinajstić information content (AvgIpc) is 2.60. The topological polar surface area (TPSA) is 73.2 Å². The van der Waals surface area contributed by atoms with Crippen LogP contribution in [0.2, 0.25) is 0 Å². The molecule has 0 unspecified atom stereocenters. The van der Waals surface area contributed by atoms with Crippen LogP contribution in [-0.2, 0) is 7.05 Å². The van der Waals surface area contributed by atoms with E-state index < -0.39 is 11.3 Å². The third kappa shape index (κ3) is 2.86. The Morgan fingerprint density at radius 2 is 1.88 bits per heavy atom. The van der Waals surface area contributed by atoms with Crippen molar-refractivity contribution in [3.63, 3.8) is 0 Å². The number of rotatable bonds is 4. The monoisotopic (exact) mass is 323 g/mol. The van der Waals surface area contributed by atoms with Gasteiger partial charge >= 0.3 is 0 Å². The van der Waals surface area contributed by atoms with Crippen molar-refractivity contribution in [1.82, 2.24) is 9.78 Å². The van der Waals surface area contributed by atoms with Crippen LogP contribution < -0.4 is 15.5 Å². The fourth-order valence-corrected chi connectivity index (χ4v) is 2.51. The molecule has 0 aliphatic carbocycles. The van der Waals surface area contributed by atoms with Gasteiger partial charge in [0, 0.05) is 12.4 Å². The van der Waals surface area contributed by atoms with Gasteiger partial charge in [0.05, 0.1) is 17.8 Å². The molecule has 0 bridgehead atoms. The number of ether oxygens (including phenoxy) is 1. The van der Waals surface area contributed by atoms with E-state index in [0.717, 1.165) is 0 Å². The predicted octanol–water partition coefficient (Wildman–Crippen LogP) is 2.58. The van der Waals surface area contributed by atoms with E-state index in [1.807, 2.05) is 19.1 Å². The number of benzene rings is 2.